The summed E-state index contributed by atoms with van der Waals surface area (Å²) in [6.45, 7) is 5.78. The number of carboxylic acid groups (broad SMARTS) is 1. The Morgan fingerprint density at radius 1 is 1.57 bits per heavy atom. The Morgan fingerprint density at radius 3 is 2.57 bits per heavy atom. The van der Waals surface area contributed by atoms with Gasteiger partial charge in [0.25, 0.3) is 0 Å². The quantitative estimate of drug-likeness (QED) is 0.808. The molecule has 0 aliphatic carbocycles. The molecule has 1 aromatic heterocycles. The molecule has 0 aromatic carbocycles. The lowest BCUT2D eigenvalue weighted by atomic mass is 9.78. The molecule has 0 aliphatic rings. The summed E-state index contributed by atoms with van der Waals surface area (Å²) in [7, 11) is 0. The molecule has 0 saturated carbocycles. The molecule has 0 amide bonds. The molecule has 0 radical (unpaired) electrons. The number of hydrogen-bond acceptors (Lipinski definition) is 2. The van der Waals surface area contributed by atoms with Crippen molar-refractivity contribution in [3.63, 3.8) is 0 Å². The highest BCUT2D eigenvalue weighted by atomic mass is 16.4. The first kappa shape index (κ1) is 10.8. The van der Waals surface area contributed by atoms with E-state index >= 15 is 0 Å². The molecule has 1 aromatic rings. The van der Waals surface area contributed by atoms with Crippen LogP contribution in [0.3, 0.4) is 0 Å². The zero-order chi connectivity index (χ0) is 10.8. The Kier molecular flexibility index (Phi) is 2.99. The van der Waals surface area contributed by atoms with Gasteiger partial charge in [-0.1, -0.05) is 20.8 Å². The Labute approximate surface area is 83.7 Å². The van der Waals surface area contributed by atoms with Crippen LogP contribution in [0.2, 0.25) is 0 Å². The topological polar surface area (TPSA) is 50.4 Å². The Hall–Kier alpha value is -1.25. The molecule has 1 heterocycles. The normalized spacial score (nSPS) is 13.9. The second-order valence-corrected chi connectivity index (χ2v) is 4.54. The van der Waals surface area contributed by atoms with Crippen molar-refractivity contribution >= 4 is 5.97 Å². The van der Waals surface area contributed by atoms with Crippen molar-refractivity contribution in [1.29, 1.82) is 0 Å². The first-order valence-corrected chi connectivity index (χ1v) is 4.66. The highest BCUT2D eigenvalue weighted by Crippen LogP contribution is 2.29. The fourth-order valence-corrected chi connectivity index (χ4v) is 1.39. The van der Waals surface area contributed by atoms with Crippen LogP contribution in [0.25, 0.3) is 0 Å². The van der Waals surface area contributed by atoms with Crippen LogP contribution in [0.5, 0.6) is 0 Å². The van der Waals surface area contributed by atoms with Gasteiger partial charge in [0, 0.05) is 6.42 Å². The predicted octanol–water partition coefficient (Wildman–Crippen LogP) is 2.57. The van der Waals surface area contributed by atoms with Crippen molar-refractivity contribution in [2.75, 3.05) is 0 Å². The molecule has 78 valence electrons. The molecule has 0 aliphatic heterocycles. The highest BCUT2D eigenvalue weighted by molar-refractivity contribution is 5.71. The Balaban J connectivity index is 2.76. The van der Waals surface area contributed by atoms with Gasteiger partial charge in [-0.05, 0) is 17.5 Å². The van der Waals surface area contributed by atoms with Gasteiger partial charge in [-0.2, -0.15) is 0 Å². The van der Waals surface area contributed by atoms with Gasteiger partial charge in [0.1, 0.15) is 5.76 Å². The molecule has 1 unspecified atom stereocenters. The van der Waals surface area contributed by atoms with Crippen LogP contribution in [-0.2, 0) is 11.2 Å². The van der Waals surface area contributed by atoms with E-state index in [0.717, 1.165) is 5.76 Å². The van der Waals surface area contributed by atoms with Crippen molar-refractivity contribution in [3.8, 4) is 0 Å². The summed E-state index contributed by atoms with van der Waals surface area (Å²) in [6.07, 6.45) is 2.02. The van der Waals surface area contributed by atoms with Crippen molar-refractivity contribution in [3.05, 3.63) is 24.2 Å². The number of rotatable bonds is 3. The van der Waals surface area contributed by atoms with Gasteiger partial charge in [0.2, 0.25) is 0 Å². The molecule has 14 heavy (non-hydrogen) atoms. The zero-order valence-electron chi connectivity index (χ0n) is 8.78. The predicted molar refractivity (Wildman–Crippen MR) is 53.0 cm³/mol. The number of furan rings is 1. The van der Waals surface area contributed by atoms with E-state index in [1.165, 1.54) is 0 Å². The van der Waals surface area contributed by atoms with Crippen LogP contribution in [0.15, 0.2) is 22.8 Å². The molecule has 0 fully saturated rings. The molecule has 0 bridgehead atoms. The van der Waals surface area contributed by atoms with Crippen molar-refractivity contribution in [2.24, 2.45) is 11.3 Å². The third kappa shape index (κ3) is 2.62. The van der Waals surface area contributed by atoms with E-state index in [1.54, 1.807) is 12.3 Å². The third-order valence-electron chi connectivity index (χ3n) is 2.33. The summed E-state index contributed by atoms with van der Waals surface area (Å²) in [5, 5.41) is 9.07. The van der Waals surface area contributed by atoms with E-state index < -0.39 is 11.9 Å². The van der Waals surface area contributed by atoms with Gasteiger partial charge in [-0.25, -0.2) is 0 Å². The van der Waals surface area contributed by atoms with E-state index in [-0.39, 0.29) is 5.41 Å². The third-order valence-corrected chi connectivity index (χ3v) is 2.33. The summed E-state index contributed by atoms with van der Waals surface area (Å²) in [4.78, 5) is 11.0. The lowest BCUT2D eigenvalue weighted by Crippen LogP contribution is -2.30. The minimum absolute atomic E-state index is 0.251. The van der Waals surface area contributed by atoms with Crippen LogP contribution in [0.1, 0.15) is 26.5 Å². The number of aliphatic carboxylic acids is 1. The number of carboxylic acids is 1. The summed E-state index contributed by atoms with van der Waals surface area (Å²) >= 11 is 0. The monoisotopic (exact) mass is 196 g/mol. The van der Waals surface area contributed by atoms with Crippen molar-refractivity contribution in [1.82, 2.24) is 0 Å². The molecule has 0 saturated heterocycles. The molecule has 1 N–H and O–H groups in total. The van der Waals surface area contributed by atoms with Crippen LogP contribution >= 0.6 is 0 Å². The summed E-state index contributed by atoms with van der Waals surface area (Å²) in [5.41, 5.74) is -0.251. The van der Waals surface area contributed by atoms with Crippen LogP contribution in [0.4, 0.5) is 0 Å². The zero-order valence-corrected chi connectivity index (χ0v) is 8.78. The molecule has 3 heteroatoms. The maximum Gasteiger partial charge on any atom is 0.307 e. The van der Waals surface area contributed by atoms with Crippen LogP contribution in [-0.4, -0.2) is 11.1 Å². The molecular weight excluding hydrogens is 180 g/mol. The van der Waals surface area contributed by atoms with E-state index in [4.69, 9.17) is 9.52 Å². The minimum Gasteiger partial charge on any atom is -0.481 e. The fraction of sp³-hybridized carbons (Fsp3) is 0.545. The smallest absolute Gasteiger partial charge is 0.307 e. The van der Waals surface area contributed by atoms with Gasteiger partial charge in [0.05, 0.1) is 12.2 Å². The Morgan fingerprint density at radius 2 is 2.21 bits per heavy atom. The molecule has 1 rings (SSSR count). The van der Waals surface area contributed by atoms with E-state index in [9.17, 15) is 4.79 Å². The SMILES string of the molecule is CC(C)(C)C(Cc1ccco1)C(=O)O. The lowest BCUT2D eigenvalue weighted by molar-refractivity contribution is -0.145. The van der Waals surface area contributed by atoms with E-state index in [0.29, 0.717) is 6.42 Å². The van der Waals surface area contributed by atoms with E-state index in [2.05, 4.69) is 0 Å². The van der Waals surface area contributed by atoms with E-state index in [1.807, 2.05) is 26.8 Å². The number of carbonyl (C=O) groups is 1. The molecule has 0 spiro atoms. The summed E-state index contributed by atoms with van der Waals surface area (Å²) in [5.74, 6) is -0.449. The van der Waals surface area contributed by atoms with Crippen molar-refractivity contribution in [2.45, 2.75) is 27.2 Å². The molecule has 3 nitrogen and oxygen atoms in total. The van der Waals surface area contributed by atoms with Crippen LogP contribution < -0.4 is 0 Å². The largest absolute Gasteiger partial charge is 0.481 e. The first-order chi connectivity index (χ1) is 6.41. The average Bonchev–Trinajstić information content (AvgIpc) is 2.48. The summed E-state index contributed by atoms with van der Waals surface area (Å²) in [6, 6.07) is 3.58. The first-order valence-electron chi connectivity index (χ1n) is 4.66. The fourth-order valence-electron chi connectivity index (χ4n) is 1.39. The maximum atomic E-state index is 11.0. The average molecular weight is 196 g/mol. The second-order valence-electron chi connectivity index (χ2n) is 4.54. The number of hydrogen-bond donors (Lipinski definition) is 1. The highest BCUT2D eigenvalue weighted by Gasteiger charge is 2.31. The van der Waals surface area contributed by atoms with Gasteiger partial charge < -0.3 is 9.52 Å². The van der Waals surface area contributed by atoms with Crippen LogP contribution in [0, 0.1) is 11.3 Å². The minimum atomic E-state index is -0.770. The standard InChI is InChI=1S/C11H16O3/c1-11(2,3)9(10(12)13)7-8-5-4-6-14-8/h4-6,9H,7H2,1-3H3,(H,12,13). The maximum absolute atomic E-state index is 11.0. The molecular formula is C11H16O3. The lowest BCUT2D eigenvalue weighted by Gasteiger charge is -2.26. The van der Waals surface area contributed by atoms with Crippen molar-refractivity contribution < 1.29 is 14.3 Å². The van der Waals surface area contributed by atoms with Gasteiger partial charge in [-0.3, -0.25) is 4.79 Å². The summed E-state index contributed by atoms with van der Waals surface area (Å²) < 4.78 is 5.15. The Bertz CT molecular complexity index is 293. The van der Waals surface area contributed by atoms with Gasteiger partial charge >= 0.3 is 5.97 Å². The molecule has 1 atom stereocenters. The van der Waals surface area contributed by atoms with Gasteiger partial charge in [0.15, 0.2) is 0 Å². The second kappa shape index (κ2) is 3.86. The van der Waals surface area contributed by atoms with Gasteiger partial charge in [-0.15, -0.1) is 0 Å².